The molecule has 0 radical (unpaired) electrons. The lowest BCUT2D eigenvalue weighted by molar-refractivity contribution is 0.324. The molecule has 0 unspecified atom stereocenters. The molecule has 0 aliphatic rings. The molecular formula is C19H23NO4. The zero-order valence-corrected chi connectivity index (χ0v) is 14.7. The molecule has 2 aromatic carbocycles. The number of allylic oxidation sites excluding steroid dienone is 1. The lowest BCUT2D eigenvalue weighted by atomic mass is 10.0. The van der Waals surface area contributed by atoms with Crippen molar-refractivity contribution in [2.75, 3.05) is 34.2 Å². The Morgan fingerprint density at radius 3 is 1.88 bits per heavy atom. The van der Waals surface area contributed by atoms with Crippen molar-refractivity contribution in [2.24, 2.45) is 0 Å². The van der Waals surface area contributed by atoms with Gasteiger partial charge in [0.25, 0.3) is 0 Å². The van der Waals surface area contributed by atoms with E-state index in [-0.39, 0.29) is 0 Å². The van der Waals surface area contributed by atoms with Crippen molar-refractivity contribution in [1.82, 2.24) is 0 Å². The van der Waals surface area contributed by atoms with Gasteiger partial charge in [-0.15, -0.1) is 0 Å². The third kappa shape index (κ3) is 3.56. The first-order valence-corrected chi connectivity index (χ1v) is 7.46. The Morgan fingerprint density at radius 2 is 1.42 bits per heavy atom. The number of ether oxygens (including phenoxy) is 4. The molecule has 0 spiro atoms. The maximum atomic E-state index is 5.96. The molecule has 0 aliphatic carbocycles. The Morgan fingerprint density at radius 1 is 0.833 bits per heavy atom. The third-order valence-corrected chi connectivity index (χ3v) is 3.76. The largest absolute Gasteiger partial charge is 0.495 e. The molecule has 5 nitrogen and oxygen atoms in total. The normalized spacial score (nSPS) is 11.1. The minimum absolute atomic E-state index is 0.574. The van der Waals surface area contributed by atoms with Crippen LogP contribution in [-0.4, -0.2) is 28.4 Å². The number of benzene rings is 2. The lowest BCUT2D eigenvalue weighted by Crippen LogP contribution is -1.96. The standard InChI is InChI=1S/C19H23NO4/c1-12(8-13-6-7-16(21-2)15(20)9-13)14-10-17(22-3)19(24-5)18(11-14)23-4/h6-11H,20H2,1-5H3. The number of anilines is 1. The summed E-state index contributed by atoms with van der Waals surface area (Å²) >= 11 is 0. The topological polar surface area (TPSA) is 62.9 Å². The Labute approximate surface area is 142 Å². The number of nitrogens with two attached hydrogens (primary N) is 1. The highest BCUT2D eigenvalue weighted by atomic mass is 16.5. The van der Waals surface area contributed by atoms with Crippen molar-refractivity contribution in [3.8, 4) is 23.0 Å². The van der Waals surface area contributed by atoms with Gasteiger partial charge in [0, 0.05) is 0 Å². The van der Waals surface area contributed by atoms with Gasteiger partial charge in [0.2, 0.25) is 5.75 Å². The second kappa shape index (κ2) is 7.64. The Balaban J connectivity index is 2.45. The molecule has 0 bridgehead atoms. The van der Waals surface area contributed by atoms with Crippen molar-refractivity contribution < 1.29 is 18.9 Å². The van der Waals surface area contributed by atoms with Gasteiger partial charge in [-0.1, -0.05) is 12.1 Å². The fourth-order valence-electron chi connectivity index (χ4n) is 2.48. The molecule has 0 saturated heterocycles. The lowest BCUT2D eigenvalue weighted by Gasteiger charge is -2.14. The van der Waals surface area contributed by atoms with E-state index in [0.29, 0.717) is 28.7 Å². The van der Waals surface area contributed by atoms with Gasteiger partial charge in [-0.25, -0.2) is 0 Å². The van der Waals surface area contributed by atoms with Crippen LogP contribution in [0.15, 0.2) is 30.3 Å². The van der Waals surface area contributed by atoms with Crippen molar-refractivity contribution in [3.05, 3.63) is 41.5 Å². The molecule has 0 amide bonds. The van der Waals surface area contributed by atoms with Crippen LogP contribution in [0.2, 0.25) is 0 Å². The minimum Gasteiger partial charge on any atom is -0.495 e. The molecule has 0 heterocycles. The zero-order valence-electron chi connectivity index (χ0n) is 14.7. The van der Waals surface area contributed by atoms with Crippen LogP contribution < -0.4 is 24.7 Å². The van der Waals surface area contributed by atoms with E-state index >= 15 is 0 Å². The van der Waals surface area contributed by atoms with Crippen molar-refractivity contribution in [2.45, 2.75) is 6.92 Å². The number of hydrogen-bond donors (Lipinski definition) is 1. The summed E-state index contributed by atoms with van der Waals surface area (Å²) in [4.78, 5) is 0. The van der Waals surface area contributed by atoms with Gasteiger partial charge >= 0.3 is 0 Å². The quantitative estimate of drug-likeness (QED) is 0.644. The predicted molar refractivity (Wildman–Crippen MR) is 97.0 cm³/mol. The van der Waals surface area contributed by atoms with E-state index < -0.39 is 0 Å². The minimum atomic E-state index is 0.574. The highest BCUT2D eigenvalue weighted by molar-refractivity contribution is 5.83. The Hall–Kier alpha value is -2.82. The average molecular weight is 329 g/mol. The number of hydrogen-bond acceptors (Lipinski definition) is 5. The van der Waals surface area contributed by atoms with Crippen molar-refractivity contribution in [1.29, 1.82) is 0 Å². The van der Waals surface area contributed by atoms with E-state index in [4.69, 9.17) is 24.7 Å². The van der Waals surface area contributed by atoms with Crippen LogP contribution in [0.3, 0.4) is 0 Å². The van der Waals surface area contributed by atoms with E-state index in [2.05, 4.69) is 0 Å². The van der Waals surface area contributed by atoms with Gasteiger partial charge in [-0.3, -0.25) is 0 Å². The van der Waals surface area contributed by atoms with Gasteiger partial charge in [-0.05, 0) is 47.9 Å². The molecule has 5 heteroatoms. The van der Waals surface area contributed by atoms with Gasteiger partial charge < -0.3 is 24.7 Å². The summed E-state index contributed by atoms with van der Waals surface area (Å²) in [5.74, 6) is 2.48. The van der Waals surface area contributed by atoms with Gasteiger partial charge in [0.15, 0.2) is 11.5 Å². The van der Waals surface area contributed by atoms with Gasteiger partial charge in [0.05, 0.1) is 34.1 Å². The van der Waals surface area contributed by atoms with Crippen LogP contribution in [0.25, 0.3) is 11.6 Å². The number of methoxy groups -OCH3 is 4. The van der Waals surface area contributed by atoms with E-state index in [1.54, 1.807) is 28.4 Å². The summed E-state index contributed by atoms with van der Waals surface area (Å²) in [6.07, 6.45) is 2.04. The molecule has 2 aromatic rings. The fourth-order valence-corrected chi connectivity index (χ4v) is 2.48. The van der Waals surface area contributed by atoms with Gasteiger partial charge in [-0.2, -0.15) is 0 Å². The van der Waals surface area contributed by atoms with Crippen LogP contribution in [0.4, 0.5) is 5.69 Å². The molecule has 2 N–H and O–H groups in total. The molecular weight excluding hydrogens is 306 g/mol. The fraction of sp³-hybridized carbons (Fsp3) is 0.263. The second-order valence-corrected chi connectivity index (χ2v) is 5.24. The van der Waals surface area contributed by atoms with E-state index in [1.807, 2.05) is 43.3 Å². The SMILES string of the molecule is COc1ccc(C=C(C)c2cc(OC)c(OC)c(OC)c2)cc1N. The van der Waals surface area contributed by atoms with E-state index in [0.717, 1.165) is 16.7 Å². The van der Waals surface area contributed by atoms with E-state index in [1.165, 1.54) is 0 Å². The third-order valence-electron chi connectivity index (χ3n) is 3.76. The molecule has 128 valence electrons. The Bertz CT molecular complexity index is 728. The smallest absolute Gasteiger partial charge is 0.203 e. The molecule has 0 fully saturated rings. The molecule has 2 rings (SSSR count). The number of nitrogen functional groups attached to an aromatic ring is 1. The van der Waals surface area contributed by atoms with Crippen molar-refractivity contribution in [3.63, 3.8) is 0 Å². The molecule has 0 aromatic heterocycles. The first kappa shape index (κ1) is 17.5. The average Bonchev–Trinajstić information content (AvgIpc) is 2.60. The summed E-state index contributed by atoms with van der Waals surface area (Å²) < 4.78 is 21.3. The highest BCUT2D eigenvalue weighted by Crippen LogP contribution is 2.40. The summed E-state index contributed by atoms with van der Waals surface area (Å²) in [6, 6.07) is 9.51. The molecule has 0 saturated carbocycles. The van der Waals surface area contributed by atoms with Crippen molar-refractivity contribution >= 4 is 17.3 Å². The zero-order chi connectivity index (χ0) is 17.7. The van der Waals surface area contributed by atoms with Crippen LogP contribution in [0.1, 0.15) is 18.1 Å². The maximum absolute atomic E-state index is 5.96. The van der Waals surface area contributed by atoms with Crippen LogP contribution in [-0.2, 0) is 0 Å². The Kier molecular flexibility index (Phi) is 5.58. The summed E-state index contributed by atoms with van der Waals surface area (Å²) in [5, 5.41) is 0. The summed E-state index contributed by atoms with van der Waals surface area (Å²) in [7, 11) is 6.39. The monoisotopic (exact) mass is 329 g/mol. The first-order chi connectivity index (χ1) is 11.5. The highest BCUT2D eigenvalue weighted by Gasteiger charge is 2.13. The van der Waals surface area contributed by atoms with Crippen LogP contribution in [0.5, 0.6) is 23.0 Å². The molecule has 24 heavy (non-hydrogen) atoms. The summed E-state index contributed by atoms with van der Waals surface area (Å²) in [6.45, 7) is 2.01. The second-order valence-electron chi connectivity index (χ2n) is 5.24. The maximum Gasteiger partial charge on any atom is 0.203 e. The van der Waals surface area contributed by atoms with E-state index in [9.17, 15) is 0 Å². The van der Waals surface area contributed by atoms with Crippen LogP contribution in [0, 0.1) is 0 Å². The predicted octanol–water partition coefficient (Wildman–Crippen LogP) is 3.86. The number of rotatable bonds is 6. The molecule has 0 aliphatic heterocycles. The summed E-state index contributed by atoms with van der Waals surface area (Å²) in [5.41, 5.74) is 9.56. The van der Waals surface area contributed by atoms with Crippen LogP contribution >= 0.6 is 0 Å². The van der Waals surface area contributed by atoms with Gasteiger partial charge in [0.1, 0.15) is 5.75 Å². The first-order valence-electron chi connectivity index (χ1n) is 7.46. The molecule has 0 atom stereocenters.